The summed E-state index contributed by atoms with van der Waals surface area (Å²) in [5, 5.41) is 13.2. The molecule has 0 bridgehead atoms. The third-order valence-electron chi connectivity index (χ3n) is 5.29. The van der Waals surface area contributed by atoms with Gasteiger partial charge in [0.1, 0.15) is 16.1 Å². The van der Waals surface area contributed by atoms with Crippen LogP contribution in [0.3, 0.4) is 0 Å². The second-order valence-corrected chi connectivity index (χ2v) is 9.76. The van der Waals surface area contributed by atoms with Gasteiger partial charge in [-0.1, -0.05) is 18.7 Å². The van der Waals surface area contributed by atoms with Gasteiger partial charge in [-0.3, -0.25) is 4.79 Å². The second-order valence-electron chi connectivity index (χ2n) is 7.69. The number of anilines is 1. The lowest BCUT2D eigenvalue weighted by atomic mass is 9.88. The topological polar surface area (TPSA) is 118 Å². The van der Waals surface area contributed by atoms with Crippen LogP contribution in [0.15, 0.2) is 11.1 Å². The summed E-state index contributed by atoms with van der Waals surface area (Å²) in [5.74, 6) is -0.811. The van der Waals surface area contributed by atoms with Crippen molar-refractivity contribution in [1.82, 2.24) is 4.98 Å². The number of nitrogens with zero attached hydrogens (tertiary/aromatic N) is 2. The van der Waals surface area contributed by atoms with Gasteiger partial charge < -0.3 is 14.8 Å². The molecule has 8 nitrogen and oxygen atoms in total. The zero-order valence-corrected chi connectivity index (χ0v) is 20.6. The van der Waals surface area contributed by atoms with E-state index in [4.69, 9.17) is 9.47 Å². The monoisotopic (exact) mass is 487 g/mol. The van der Waals surface area contributed by atoms with Crippen LogP contribution in [0, 0.1) is 24.2 Å². The smallest absolute Gasteiger partial charge is 0.341 e. The number of ether oxygens (including phenoxy) is 2. The summed E-state index contributed by atoms with van der Waals surface area (Å²) in [5.41, 5.74) is 2.24. The van der Waals surface area contributed by atoms with Gasteiger partial charge in [0.05, 0.1) is 41.9 Å². The fourth-order valence-electron chi connectivity index (χ4n) is 3.64. The molecule has 0 radical (unpaired) electrons. The van der Waals surface area contributed by atoms with Gasteiger partial charge in [-0.15, -0.1) is 11.3 Å². The number of amides is 1. The minimum Gasteiger partial charge on any atom is -0.465 e. The molecular weight excluding hydrogens is 462 g/mol. The first-order valence-corrected chi connectivity index (χ1v) is 12.3. The highest BCUT2D eigenvalue weighted by Crippen LogP contribution is 2.40. The summed E-state index contributed by atoms with van der Waals surface area (Å²) >= 11 is 2.51. The number of thioether (sulfide) groups is 1. The molecule has 10 heteroatoms. The van der Waals surface area contributed by atoms with Crippen LogP contribution in [-0.2, 0) is 27.1 Å². The lowest BCUT2D eigenvalue weighted by Crippen LogP contribution is -2.17. The van der Waals surface area contributed by atoms with Crippen molar-refractivity contribution in [2.75, 3.05) is 24.8 Å². The summed E-state index contributed by atoms with van der Waals surface area (Å²) in [7, 11) is 1.33. The fraction of sp³-hybridized carbons (Fsp3) is 0.435. The van der Waals surface area contributed by atoms with Gasteiger partial charge in [0.25, 0.3) is 0 Å². The maximum Gasteiger partial charge on any atom is 0.341 e. The van der Waals surface area contributed by atoms with Gasteiger partial charge in [-0.2, -0.15) is 5.26 Å². The van der Waals surface area contributed by atoms with Crippen molar-refractivity contribution >= 4 is 45.9 Å². The van der Waals surface area contributed by atoms with Crippen molar-refractivity contribution in [1.29, 1.82) is 5.26 Å². The number of nitriles is 1. The maximum atomic E-state index is 12.7. The molecule has 2 heterocycles. The summed E-state index contributed by atoms with van der Waals surface area (Å²) < 4.78 is 9.96. The molecule has 33 heavy (non-hydrogen) atoms. The first-order valence-electron chi connectivity index (χ1n) is 10.5. The van der Waals surface area contributed by atoms with E-state index in [1.54, 1.807) is 13.8 Å². The molecule has 0 aliphatic heterocycles. The van der Waals surface area contributed by atoms with E-state index in [-0.39, 0.29) is 29.4 Å². The second kappa shape index (κ2) is 10.8. The number of aryl methyl sites for hydroxylation is 1. The van der Waals surface area contributed by atoms with Gasteiger partial charge in [0.2, 0.25) is 5.91 Å². The number of esters is 2. The van der Waals surface area contributed by atoms with Gasteiger partial charge in [-0.25, -0.2) is 14.6 Å². The number of nitrogens with one attached hydrogen (secondary N) is 1. The van der Waals surface area contributed by atoms with Gasteiger partial charge in [-0.05, 0) is 50.7 Å². The number of carbonyl (C=O) groups excluding carboxylic acids is 3. The van der Waals surface area contributed by atoms with Gasteiger partial charge in [0, 0.05) is 4.88 Å². The molecule has 1 amide bonds. The quantitative estimate of drug-likeness (QED) is 0.457. The van der Waals surface area contributed by atoms with E-state index in [1.807, 2.05) is 6.07 Å². The molecule has 0 saturated carbocycles. The Bertz CT molecular complexity index is 1140. The Kier molecular flexibility index (Phi) is 8.10. The van der Waals surface area contributed by atoms with Crippen LogP contribution in [0.4, 0.5) is 5.00 Å². The number of pyridine rings is 1. The van der Waals surface area contributed by atoms with E-state index in [9.17, 15) is 19.6 Å². The fourth-order valence-corrected chi connectivity index (χ4v) is 5.86. The summed E-state index contributed by atoms with van der Waals surface area (Å²) in [6.45, 7) is 5.74. The molecule has 1 atom stereocenters. The van der Waals surface area contributed by atoms with Crippen molar-refractivity contribution in [3.05, 3.63) is 38.9 Å². The highest BCUT2D eigenvalue weighted by molar-refractivity contribution is 8.00. The molecule has 0 fully saturated rings. The molecule has 2 aromatic heterocycles. The highest BCUT2D eigenvalue weighted by Gasteiger charge is 2.29. The Labute approximate surface area is 200 Å². The van der Waals surface area contributed by atoms with Crippen molar-refractivity contribution in [2.45, 2.75) is 45.1 Å². The minimum atomic E-state index is -0.542. The largest absolute Gasteiger partial charge is 0.465 e. The molecule has 174 valence electrons. The molecule has 2 aromatic rings. The zero-order valence-electron chi connectivity index (χ0n) is 18.9. The molecule has 3 rings (SSSR count). The number of thiophene rings is 1. The Morgan fingerprint density at radius 3 is 2.79 bits per heavy atom. The van der Waals surface area contributed by atoms with Crippen LogP contribution in [0.1, 0.15) is 62.7 Å². The lowest BCUT2D eigenvalue weighted by molar-refractivity contribution is -0.113. The number of methoxy groups -OCH3 is 1. The number of aromatic nitrogens is 1. The summed E-state index contributed by atoms with van der Waals surface area (Å²) in [4.78, 5) is 42.6. The van der Waals surface area contributed by atoms with E-state index in [1.165, 1.54) is 24.5 Å². The highest BCUT2D eigenvalue weighted by atomic mass is 32.2. The van der Waals surface area contributed by atoms with Crippen molar-refractivity contribution < 1.29 is 23.9 Å². The average Bonchev–Trinajstić information content (AvgIpc) is 3.13. The first kappa shape index (κ1) is 24.7. The molecule has 1 N–H and O–H groups in total. The molecule has 1 unspecified atom stereocenters. The number of carbonyl (C=O) groups is 3. The zero-order chi connectivity index (χ0) is 24.1. The Balaban J connectivity index is 1.76. The number of hydrogen-bond acceptors (Lipinski definition) is 9. The van der Waals surface area contributed by atoms with Crippen LogP contribution in [0.2, 0.25) is 0 Å². The number of rotatable bonds is 7. The SMILES string of the molecule is CCOC(=O)c1cc(C#N)c(SCC(=O)Nc2sc3c(c2C(=O)OC)CCC(C)C3)nc1C. The molecule has 1 aliphatic rings. The van der Waals surface area contributed by atoms with E-state index in [0.29, 0.717) is 27.2 Å². The van der Waals surface area contributed by atoms with E-state index >= 15 is 0 Å². The third-order valence-corrected chi connectivity index (χ3v) is 7.45. The van der Waals surface area contributed by atoms with Crippen LogP contribution in [0.25, 0.3) is 0 Å². The molecule has 0 saturated heterocycles. The van der Waals surface area contributed by atoms with Crippen LogP contribution in [-0.4, -0.2) is 42.3 Å². The van der Waals surface area contributed by atoms with Crippen molar-refractivity contribution in [3.8, 4) is 6.07 Å². The summed E-state index contributed by atoms with van der Waals surface area (Å²) in [6.07, 6.45) is 2.64. The molecule has 0 aromatic carbocycles. The van der Waals surface area contributed by atoms with E-state index in [0.717, 1.165) is 41.5 Å². The van der Waals surface area contributed by atoms with E-state index in [2.05, 4.69) is 17.2 Å². The Morgan fingerprint density at radius 2 is 2.12 bits per heavy atom. The normalized spacial score (nSPS) is 14.7. The Hall–Kier alpha value is -2.90. The molecular formula is C23H25N3O5S2. The predicted molar refractivity (Wildman–Crippen MR) is 126 cm³/mol. The maximum absolute atomic E-state index is 12.7. The number of fused-ring (bicyclic) bond motifs is 1. The summed E-state index contributed by atoms with van der Waals surface area (Å²) in [6, 6.07) is 3.46. The molecule has 0 spiro atoms. The van der Waals surface area contributed by atoms with Gasteiger partial charge in [0.15, 0.2) is 0 Å². The first-order chi connectivity index (χ1) is 15.8. The number of hydrogen-bond donors (Lipinski definition) is 1. The van der Waals surface area contributed by atoms with Crippen molar-refractivity contribution in [2.24, 2.45) is 5.92 Å². The van der Waals surface area contributed by atoms with Crippen LogP contribution < -0.4 is 5.32 Å². The van der Waals surface area contributed by atoms with Crippen LogP contribution in [0.5, 0.6) is 0 Å². The standard InChI is InChI=1S/C23H25N3O5S2/c1-5-31-22(28)16-9-14(10-24)20(25-13(16)3)32-11-18(27)26-21-19(23(29)30-4)15-7-6-12(2)8-17(15)33-21/h9,12H,5-8,11H2,1-4H3,(H,26,27). The Morgan fingerprint density at radius 1 is 1.36 bits per heavy atom. The minimum absolute atomic E-state index is 0.0144. The van der Waals surface area contributed by atoms with Gasteiger partial charge >= 0.3 is 11.9 Å². The predicted octanol–water partition coefficient (Wildman–Crippen LogP) is 4.14. The van der Waals surface area contributed by atoms with Crippen LogP contribution >= 0.6 is 23.1 Å². The lowest BCUT2D eigenvalue weighted by Gasteiger charge is -2.18. The molecule has 1 aliphatic carbocycles. The van der Waals surface area contributed by atoms with Crippen molar-refractivity contribution in [3.63, 3.8) is 0 Å². The third kappa shape index (κ3) is 5.54. The van der Waals surface area contributed by atoms with E-state index < -0.39 is 11.9 Å². The average molecular weight is 488 g/mol.